The van der Waals surface area contributed by atoms with Crippen molar-refractivity contribution in [3.63, 3.8) is 0 Å². The number of amides is 1. The summed E-state index contributed by atoms with van der Waals surface area (Å²) in [4.78, 5) is 35.0. The molecule has 0 unspecified atom stereocenters. The summed E-state index contributed by atoms with van der Waals surface area (Å²) in [6.45, 7) is 1.99. The van der Waals surface area contributed by atoms with Crippen LogP contribution in [0.15, 0.2) is 42.5 Å². The minimum Gasteiger partial charge on any atom is -0.371 e. The van der Waals surface area contributed by atoms with Gasteiger partial charge in [0, 0.05) is 42.8 Å². The van der Waals surface area contributed by atoms with Crippen LogP contribution in [0.5, 0.6) is 0 Å². The van der Waals surface area contributed by atoms with Gasteiger partial charge in [-0.15, -0.1) is 11.6 Å². The number of anilines is 1. The molecule has 1 aliphatic heterocycles. The number of carbonyl (C=O) groups is 1. The van der Waals surface area contributed by atoms with Crippen molar-refractivity contribution in [1.29, 1.82) is 0 Å². The number of nitrogens with zero attached hydrogens (tertiary/aromatic N) is 3. The number of hydrogen-bond donors (Lipinski definition) is 1. The van der Waals surface area contributed by atoms with E-state index in [4.69, 9.17) is 11.6 Å². The number of halogens is 1. The Balaban J connectivity index is 1.64. The van der Waals surface area contributed by atoms with E-state index in [1.54, 1.807) is 0 Å². The van der Waals surface area contributed by atoms with E-state index in [2.05, 4.69) is 10.2 Å². The largest absolute Gasteiger partial charge is 0.371 e. The minimum atomic E-state index is -0.768. The zero-order valence-corrected chi connectivity index (χ0v) is 16.2. The number of nitrogens with one attached hydrogen (secondary N) is 1. The molecule has 0 spiro atoms. The van der Waals surface area contributed by atoms with Gasteiger partial charge in [0.15, 0.2) is 0 Å². The summed E-state index contributed by atoms with van der Waals surface area (Å²) < 4.78 is 0. The fraction of sp³-hybridized carbons (Fsp3) is 0.316. The van der Waals surface area contributed by atoms with Crippen molar-refractivity contribution in [1.82, 2.24) is 5.32 Å². The predicted molar refractivity (Wildman–Crippen MR) is 108 cm³/mol. The zero-order chi connectivity index (χ0) is 21.0. The Labute approximate surface area is 171 Å². The van der Waals surface area contributed by atoms with Gasteiger partial charge >= 0.3 is 0 Å². The number of nitro groups is 2. The Bertz CT molecular complexity index is 894. The fourth-order valence-electron chi connectivity index (χ4n) is 3.15. The Hall–Kier alpha value is -3.20. The molecule has 0 aliphatic carbocycles. The molecule has 3 rings (SSSR count). The summed E-state index contributed by atoms with van der Waals surface area (Å²) >= 11 is 6.13. The summed E-state index contributed by atoms with van der Waals surface area (Å²) in [5.41, 5.74) is 0.780. The van der Waals surface area contributed by atoms with E-state index in [1.165, 1.54) is 0 Å². The first kappa shape index (κ1) is 20.5. The van der Waals surface area contributed by atoms with E-state index in [1.807, 2.05) is 24.3 Å². The van der Waals surface area contributed by atoms with E-state index >= 15 is 0 Å². The van der Waals surface area contributed by atoms with Gasteiger partial charge in [-0.3, -0.25) is 25.0 Å². The molecule has 1 amide bonds. The molecule has 0 radical (unpaired) electrons. The predicted octanol–water partition coefficient (Wildman–Crippen LogP) is 3.64. The third kappa shape index (κ3) is 5.20. The van der Waals surface area contributed by atoms with Crippen LogP contribution in [0, 0.1) is 20.2 Å². The molecule has 1 aliphatic rings. The second-order valence-corrected chi connectivity index (χ2v) is 7.38. The first-order chi connectivity index (χ1) is 13.8. The number of carbonyl (C=O) groups excluding carboxylic acids is 1. The molecule has 29 heavy (non-hydrogen) atoms. The van der Waals surface area contributed by atoms with Gasteiger partial charge < -0.3 is 10.2 Å². The van der Waals surface area contributed by atoms with Gasteiger partial charge in [-0.05, 0) is 30.5 Å². The molecule has 2 aromatic rings. The van der Waals surface area contributed by atoms with E-state index < -0.39 is 27.1 Å². The van der Waals surface area contributed by atoms with Crippen molar-refractivity contribution in [3.8, 4) is 0 Å². The third-order valence-electron chi connectivity index (χ3n) is 4.77. The van der Waals surface area contributed by atoms with Gasteiger partial charge in [0.25, 0.3) is 17.3 Å². The number of rotatable bonds is 6. The van der Waals surface area contributed by atoms with E-state index in [9.17, 15) is 25.0 Å². The van der Waals surface area contributed by atoms with Crippen LogP contribution in [0.2, 0.25) is 0 Å². The van der Waals surface area contributed by atoms with Gasteiger partial charge in [0.1, 0.15) is 0 Å². The molecule has 9 nitrogen and oxygen atoms in total. The van der Waals surface area contributed by atoms with Gasteiger partial charge in [0.2, 0.25) is 0 Å². The number of non-ortho nitro benzene ring substituents is 2. The Morgan fingerprint density at radius 2 is 1.59 bits per heavy atom. The van der Waals surface area contributed by atoms with Crippen LogP contribution in [0.25, 0.3) is 0 Å². The van der Waals surface area contributed by atoms with Gasteiger partial charge in [0.05, 0.1) is 21.5 Å². The average Bonchev–Trinajstić information content (AvgIpc) is 2.72. The van der Waals surface area contributed by atoms with E-state index in [0.717, 1.165) is 55.4 Å². The monoisotopic (exact) mass is 418 g/mol. The highest BCUT2D eigenvalue weighted by molar-refractivity contribution is 6.20. The number of piperidine rings is 1. The van der Waals surface area contributed by atoms with Crippen LogP contribution in [-0.4, -0.2) is 34.2 Å². The van der Waals surface area contributed by atoms with Crippen molar-refractivity contribution in [2.75, 3.05) is 18.0 Å². The van der Waals surface area contributed by atoms with Gasteiger partial charge in [-0.2, -0.15) is 0 Å². The number of nitro benzene ring substituents is 2. The maximum Gasteiger partial charge on any atom is 0.277 e. The highest BCUT2D eigenvalue weighted by atomic mass is 35.5. The Morgan fingerprint density at radius 1 is 1.03 bits per heavy atom. The SMILES string of the molecule is O=C(NCc1ccc(N2CCC(Cl)CC2)cc1)c1cc([N+](=O)[O-])cc([N+](=O)[O-])c1. The molecule has 1 N–H and O–H groups in total. The normalized spacial score (nSPS) is 14.4. The summed E-state index contributed by atoms with van der Waals surface area (Å²) in [5, 5.41) is 24.8. The molecule has 0 aromatic heterocycles. The lowest BCUT2D eigenvalue weighted by Crippen LogP contribution is -2.33. The Kier molecular flexibility index (Phi) is 6.28. The highest BCUT2D eigenvalue weighted by Gasteiger charge is 2.20. The van der Waals surface area contributed by atoms with Crippen LogP contribution in [0.3, 0.4) is 0 Å². The third-order valence-corrected chi connectivity index (χ3v) is 5.20. The maximum atomic E-state index is 12.3. The molecule has 0 atom stereocenters. The minimum absolute atomic E-state index is 0.133. The summed E-state index contributed by atoms with van der Waals surface area (Å²) in [5.74, 6) is -0.620. The lowest BCUT2D eigenvalue weighted by molar-refractivity contribution is -0.394. The van der Waals surface area contributed by atoms with Crippen molar-refractivity contribution >= 4 is 34.6 Å². The van der Waals surface area contributed by atoms with Crippen LogP contribution in [0.4, 0.5) is 17.1 Å². The first-order valence-electron chi connectivity index (χ1n) is 9.03. The first-order valence-corrected chi connectivity index (χ1v) is 9.47. The molecule has 0 saturated carbocycles. The van der Waals surface area contributed by atoms with Crippen LogP contribution < -0.4 is 10.2 Å². The topological polar surface area (TPSA) is 119 Å². The molecule has 1 saturated heterocycles. The number of hydrogen-bond acceptors (Lipinski definition) is 6. The van der Waals surface area contributed by atoms with Crippen LogP contribution >= 0.6 is 11.6 Å². The van der Waals surface area contributed by atoms with Crippen molar-refractivity contribution in [3.05, 3.63) is 73.8 Å². The number of benzene rings is 2. The van der Waals surface area contributed by atoms with Gasteiger partial charge in [-0.25, -0.2) is 0 Å². The lowest BCUT2D eigenvalue weighted by atomic mass is 10.1. The van der Waals surface area contributed by atoms with E-state index in [0.29, 0.717) is 0 Å². The molecule has 0 bridgehead atoms. The van der Waals surface area contributed by atoms with E-state index in [-0.39, 0.29) is 17.5 Å². The second-order valence-electron chi connectivity index (χ2n) is 6.76. The summed E-state index contributed by atoms with van der Waals surface area (Å²) in [7, 11) is 0. The van der Waals surface area contributed by atoms with Crippen LogP contribution in [0.1, 0.15) is 28.8 Å². The molecule has 152 valence electrons. The number of alkyl halides is 1. The molecular weight excluding hydrogens is 400 g/mol. The maximum absolute atomic E-state index is 12.3. The van der Waals surface area contributed by atoms with Crippen LogP contribution in [-0.2, 0) is 6.54 Å². The summed E-state index contributed by atoms with van der Waals surface area (Å²) in [6, 6.07) is 10.6. The fourth-order valence-corrected chi connectivity index (χ4v) is 3.35. The molecular formula is C19H19ClN4O5. The van der Waals surface area contributed by atoms with Gasteiger partial charge in [-0.1, -0.05) is 12.1 Å². The highest BCUT2D eigenvalue weighted by Crippen LogP contribution is 2.24. The molecule has 1 heterocycles. The lowest BCUT2D eigenvalue weighted by Gasteiger charge is -2.31. The quantitative estimate of drug-likeness (QED) is 0.434. The smallest absolute Gasteiger partial charge is 0.277 e. The summed E-state index contributed by atoms with van der Waals surface area (Å²) in [6.07, 6.45) is 1.88. The molecule has 1 fully saturated rings. The standard InChI is InChI=1S/C19H19ClN4O5/c20-15-5-7-22(8-6-15)16-3-1-13(2-4-16)12-21-19(25)14-9-17(23(26)27)11-18(10-14)24(28)29/h1-4,9-11,15H,5-8,12H2,(H,21,25). The Morgan fingerprint density at radius 3 is 2.10 bits per heavy atom. The zero-order valence-electron chi connectivity index (χ0n) is 15.4. The molecule has 2 aromatic carbocycles. The average molecular weight is 419 g/mol. The van der Waals surface area contributed by atoms with Crippen molar-refractivity contribution in [2.45, 2.75) is 24.8 Å². The molecule has 10 heteroatoms. The van der Waals surface area contributed by atoms with Crippen molar-refractivity contribution < 1.29 is 14.6 Å². The second kappa shape index (κ2) is 8.87. The van der Waals surface area contributed by atoms with Crippen molar-refractivity contribution in [2.24, 2.45) is 0 Å².